The lowest BCUT2D eigenvalue weighted by atomic mass is 9.85. The number of hydrogen-bond acceptors (Lipinski definition) is 6. The fraction of sp³-hybridized carbons (Fsp3) is 0. The zero-order chi connectivity index (χ0) is 42.0. The summed E-state index contributed by atoms with van der Waals surface area (Å²) < 4.78 is 0. The fourth-order valence-corrected chi connectivity index (χ4v) is 8.20. The smallest absolute Gasteiger partial charge is 0.164 e. The van der Waals surface area contributed by atoms with Crippen LogP contribution < -0.4 is 0 Å². The van der Waals surface area contributed by atoms with Crippen LogP contribution in [0.25, 0.3) is 100 Å². The number of rotatable bonds is 7. The molecular formula is C56H32N6. The Hall–Kier alpha value is -9.02. The van der Waals surface area contributed by atoms with E-state index in [2.05, 4.69) is 115 Å². The van der Waals surface area contributed by atoms with E-state index in [-0.39, 0.29) is 0 Å². The molecule has 6 heteroatoms. The van der Waals surface area contributed by atoms with E-state index < -0.39 is 0 Å². The van der Waals surface area contributed by atoms with Gasteiger partial charge in [-0.3, -0.25) is 0 Å². The first-order valence-corrected chi connectivity index (χ1v) is 20.1. The molecule has 0 N–H and O–H groups in total. The lowest BCUT2D eigenvalue weighted by Crippen LogP contribution is -2.02. The highest BCUT2D eigenvalue weighted by molar-refractivity contribution is 6.08. The van der Waals surface area contributed by atoms with Crippen LogP contribution in [-0.2, 0) is 0 Å². The van der Waals surface area contributed by atoms with Crippen LogP contribution in [0.5, 0.6) is 0 Å². The van der Waals surface area contributed by atoms with Gasteiger partial charge < -0.3 is 0 Å². The SMILES string of the molecule is N#Cc1ccc(-c2nc(-c3ccc(C#N)cc3)nc(-c3ccccc3-c3c(C#N)cccc3-c3ccccc3-c3ccc(-c4ccc5c(ccc6ccccc65)c4)cc3)n2)cc1. The first-order valence-electron chi connectivity index (χ1n) is 20.1. The van der Waals surface area contributed by atoms with Crippen molar-refractivity contribution in [3.05, 3.63) is 211 Å². The molecule has 10 aromatic rings. The third-order valence-electron chi connectivity index (χ3n) is 11.3. The summed E-state index contributed by atoms with van der Waals surface area (Å²) in [6.45, 7) is 0. The van der Waals surface area contributed by atoms with E-state index in [0.717, 1.165) is 44.5 Å². The number of fused-ring (bicyclic) bond motifs is 3. The van der Waals surface area contributed by atoms with Crippen molar-refractivity contribution in [1.29, 1.82) is 15.8 Å². The van der Waals surface area contributed by atoms with Crippen LogP contribution in [0.15, 0.2) is 194 Å². The molecule has 9 aromatic carbocycles. The summed E-state index contributed by atoms with van der Waals surface area (Å²) in [5.74, 6) is 1.26. The molecule has 62 heavy (non-hydrogen) atoms. The average molecular weight is 789 g/mol. The third kappa shape index (κ3) is 6.89. The second-order valence-electron chi connectivity index (χ2n) is 14.9. The summed E-state index contributed by atoms with van der Waals surface area (Å²) in [6, 6.07) is 71.3. The average Bonchev–Trinajstić information content (AvgIpc) is 3.35. The van der Waals surface area contributed by atoms with E-state index in [0.29, 0.717) is 50.9 Å². The molecular weight excluding hydrogens is 757 g/mol. The molecule has 0 aliphatic rings. The van der Waals surface area contributed by atoms with Crippen LogP contribution in [0.4, 0.5) is 0 Å². The van der Waals surface area contributed by atoms with Gasteiger partial charge in [-0.25, -0.2) is 15.0 Å². The molecule has 0 radical (unpaired) electrons. The van der Waals surface area contributed by atoms with Crippen molar-refractivity contribution < 1.29 is 0 Å². The standard InChI is InChI=1S/C56H32N6/c57-33-36-16-20-41(21-17-36)54-60-55(42-22-18-37(34-58)19-23-42)62-56(61-54)52-14-6-5-13-51(52)53-45(35-59)9-7-15-50(53)49-12-4-3-11-47(49)40-26-24-38(25-27-40)43-30-31-48-44(32-43)29-28-39-8-1-2-10-46(39)48/h1-32H. The van der Waals surface area contributed by atoms with E-state index in [1.807, 2.05) is 72.8 Å². The molecule has 10 rings (SSSR count). The monoisotopic (exact) mass is 788 g/mol. The van der Waals surface area contributed by atoms with Crippen molar-refractivity contribution >= 4 is 21.5 Å². The van der Waals surface area contributed by atoms with Gasteiger partial charge in [0.05, 0.1) is 34.9 Å². The fourth-order valence-electron chi connectivity index (χ4n) is 8.20. The van der Waals surface area contributed by atoms with E-state index in [4.69, 9.17) is 15.0 Å². The maximum Gasteiger partial charge on any atom is 0.164 e. The van der Waals surface area contributed by atoms with E-state index in [1.165, 1.54) is 21.5 Å². The molecule has 1 heterocycles. The van der Waals surface area contributed by atoms with Gasteiger partial charge in [0.1, 0.15) is 0 Å². The second-order valence-corrected chi connectivity index (χ2v) is 14.9. The van der Waals surface area contributed by atoms with Gasteiger partial charge in [0.2, 0.25) is 0 Å². The molecule has 0 aliphatic heterocycles. The second kappa shape index (κ2) is 16.0. The number of nitrogens with zero attached hydrogens (tertiary/aromatic N) is 6. The Bertz CT molecular complexity index is 3400. The Balaban J connectivity index is 1.08. The van der Waals surface area contributed by atoms with E-state index in [9.17, 15) is 15.8 Å². The topological polar surface area (TPSA) is 110 Å². The maximum atomic E-state index is 10.7. The van der Waals surface area contributed by atoms with Gasteiger partial charge in [-0.2, -0.15) is 15.8 Å². The summed E-state index contributed by atoms with van der Waals surface area (Å²) in [4.78, 5) is 14.9. The highest BCUT2D eigenvalue weighted by Crippen LogP contribution is 2.43. The minimum atomic E-state index is 0.416. The summed E-state index contributed by atoms with van der Waals surface area (Å²) in [5.41, 5.74) is 11.5. The van der Waals surface area contributed by atoms with Gasteiger partial charge in [0.15, 0.2) is 17.5 Å². The third-order valence-corrected chi connectivity index (χ3v) is 11.3. The van der Waals surface area contributed by atoms with Gasteiger partial charge in [0.25, 0.3) is 0 Å². The van der Waals surface area contributed by atoms with Crippen molar-refractivity contribution in [2.24, 2.45) is 0 Å². The molecule has 0 unspecified atom stereocenters. The number of benzene rings is 9. The van der Waals surface area contributed by atoms with E-state index in [1.54, 1.807) is 24.3 Å². The van der Waals surface area contributed by atoms with Gasteiger partial charge in [-0.05, 0) is 121 Å². The Labute approximate surface area is 358 Å². The number of aromatic nitrogens is 3. The van der Waals surface area contributed by atoms with Crippen LogP contribution in [0.3, 0.4) is 0 Å². The molecule has 0 bridgehead atoms. The predicted octanol–water partition coefficient (Wildman–Crippen LogP) is 13.5. The zero-order valence-electron chi connectivity index (χ0n) is 33.2. The summed E-state index contributed by atoms with van der Waals surface area (Å²) >= 11 is 0. The van der Waals surface area contributed by atoms with Gasteiger partial charge in [-0.1, -0.05) is 133 Å². The molecule has 6 nitrogen and oxygen atoms in total. The molecule has 0 spiro atoms. The normalized spacial score (nSPS) is 10.9. The molecule has 0 saturated carbocycles. The summed E-state index contributed by atoms with van der Waals surface area (Å²) in [6.07, 6.45) is 0. The highest BCUT2D eigenvalue weighted by Gasteiger charge is 2.21. The van der Waals surface area contributed by atoms with Crippen LogP contribution in [0.1, 0.15) is 16.7 Å². The van der Waals surface area contributed by atoms with Crippen LogP contribution in [0, 0.1) is 34.0 Å². The molecule has 0 atom stereocenters. The van der Waals surface area contributed by atoms with Gasteiger partial charge >= 0.3 is 0 Å². The molecule has 1 aromatic heterocycles. The predicted molar refractivity (Wildman–Crippen MR) is 247 cm³/mol. The Morgan fingerprint density at radius 1 is 0.306 bits per heavy atom. The molecule has 0 amide bonds. The lowest BCUT2D eigenvalue weighted by Gasteiger charge is -2.18. The zero-order valence-corrected chi connectivity index (χ0v) is 33.2. The van der Waals surface area contributed by atoms with Crippen LogP contribution in [-0.4, -0.2) is 15.0 Å². The molecule has 286 valence electrons. The largest absolute Gasteiger partial charge is 0.208 e. The van der Waals surface area contributed by atoms with Crippen molar-refractivity contribution in [2.75, 3.05) is 0 Å². The quantitative estimate of drug-likeness (QED) is 0.149. The van der Waals surface area contributed by atoms with Crippen LogP contribution >= 0.6 is 0 Å². The Kier molecular flexibility index (Phi) is 9.60. The Morgan fingerprint density at radius 3 is 1.47 bits per heavy atom. The molecule has 0 saturated heterocycles. The summed E-state index contributed by atoms with van der Waals surface area (Å²) in [5, 5.41) is 34.5. The maximum absolute atomic E-state index is 10.7. The van der Waals surface area contributed by atoms with Gasteiger partial charge in [-0.15, -0.1) is 0 Å². The van der Waals surface area contributed by atoms with Crippen LogP contribution in [0.2, 0.25) is 0 Å². The minimum Gasteiger partial charge on any atom is -0.208 e. The van der Waals surface area contributed by atoms with Crippen molar-refractivity contribution in [2.45, 2.75) is 0 Å². The Morgan fingerprint density at radius 2 is 0.806 bits per heavy atom. The number of nitriles is 3. The minimum absolute atomic E-state index is 0.416. The van der Waals surface area contributed by atoms with Crippen molar-refractivity contribution in [3.8, 4) is 96.9 Å². The lowest BCUT2D eigenvalue weighted by molar-refractivity contribution is 1.07. The number of hydrogen-bond donors (Lipinski definition) is 0. The summed E-state index contributed by atoms with van der Waals surface area (Å²) in [7, 11) is 0. The van der Waals surface area contributed by atoms with E-state index >= 15 is 0 Å². The molecule has 0 aliphatic carbocycles. The van der Waals surface area contributed by atoms with Crippen molar-refractivity contribution in [3.63, 3.8) is 0 Å². The first-order chi connectivity index (χ1) is 30.6. The van der Waals surface area contributed by atoms with Crippen molar-refractivity contribution in [1.82, 2.24) is 15.0 Å². The first kappa shape index (κ1) is 37.3. The van der Waals surface area contributed by atoms with Gasteiger partial charge in [0, 0.05) is 22.3 Å². The highest BCUT2D eigenvalue weighted by atomic mass is 15.0. The molecule has 0 fully saturated rings.